The number of pyridine rings is 1. The molecule has 5 nitrogen and oxygen atoms in total. The molecule has 4 rings (SSSR count). The predicted molar refractivity (Wildman–Crippen MR) is 103 cm³/mol. The zero-order chi connectivity index (χ0) is 21.5. The highest BCUT2D eigenvalue weighted by molar-refractivity contribution is 8.00. The summed E-state index contributed by atoms with van der Waals surface area (Å²) in [6.45, 7) is -0.237. The molecule has 0 bridgehead atoms. The Morgan fingerprint density at radius 3 is 2.47 bits per heavy atom. The molecular formula is C20H13F4N3O2S. The van der Waals surface area contributed by atoms with Crippen LogP contribution in [0.1, 0.15) is 5.56 Å². The third-order valence-electron chi connectivity index (χ3n) is 4.53. The van der Waals surface area contributed by atoms with Crippen LogP contribution in [0, 0.1) is 5.82 Å². The molecule has 2 heterocycles. The summed E-state index contributed by atoms with van der Waals surface area (Å²) in [5.74, 6) is -1.00. The van der Waals surface area contributed by atoms with Gasteiger partial charge in [-0.3, -0.25) is 9.78 Å². The second kappa shape index (κ2) is 7.60. The molecule has 2 aromatic carbocycles. The number of hydrogen-bond donors (Lipinski definition) is 0. The average Bonchev–Trinajstić information content (AvgIpc) is 2.95. The summed E-state index contributed by atoms with van der Waals surface area (Å²) in [6, 6.07) is 10.4. The van der Waals surface area contributed by atoms with Gasteiger partial charge >= 0.3 is 11.5 Å². The molecule has 0 spiro atoms. The SMILES string of the molecule is O=C1CN(Cc2ccnc3cccc(F)c23)C(=O)N1c1ccc(SC(F)(F)F)cc1. The number of benzene rings is 2. The fourth-order valence-corrected chi connectivity index (χ4v) is 3.83. The van der Waals surface area contributed by atoms with E-state index < -0.39 is 23.3 Å². The van der Waals surface area contributed by atoms with Crippen LogP contribution < -0.4 is 4.90 Å². The Balaban J connectivity index is 1.57. The van der Waals surface area contributed by atoms with Gasteiger partial charge in [0.2, 0.25) is 0 Å². The van der Waals surface area contributed by atoms with Crippen LogP contribution in [0.5, 0.6) is 0 Å². The Bertz CT molecular complexity index is 1130. The standard InChI is InChI=1S/C20H13F4N3O2S/c21-15-2-1-3-16-18(15)12(8-9-25-16)10-26-11-17(28)27(19(26)29)13-4-6-14(7-5-13)30-20(22,23)24/h1-9H,10-11H2. The topological polar surface area (TPSA) is 53.5 Å². The first-order valence-electron chi connectivity index (χ1n) is 8.73. The van der Waals surface area contributed by atoms with Crippen molar-refractivity contribution in [2.75, 3.05) is 11.4 Å². The maximum atomic E-state index is 14.3. The van der Waals surface area contributed by atoms with Gasteiger partial charge in [-0.1, -0.05) is 6.07 Å². The number of carbonyl (C=O) groups excluding carboxylic acids is 2. The third kappa shape index (κ3) is 3.95. The van der Waals surface area contributed by atoms with E-state index >= 15 is 0 Å². The van der Waals surface area contributed by atoms with E-state index in [2.05, 4.69) is 4.98 Å². The molecule has 30 heavy (non-hydrogen) atoms. The zero-order valence-electron chi connectivity index (χ0n) is 15.2. The van der Waals surface area contributed by atoms with Crippen LogP contribution in [0.25, 0.3) is 10.9 Å². The van der Waals surface area contributed by atoms with Crippen LogP contribution in [-0.4, -0.2) is 33.9 Å². The normalized spacial score (nSPS) is 14.8. The Labute approximate surface area is 172 Å². The number of urea groups is 1. The molecule has 3 aromatic rings. The van der Waals surface area contributed by atoms with Crippen molar-refractivity contribution in [2.45, 2.75) is 16.9 Å². The number of thioether (sulfide) groups is 1. The second-order valence-corrected chi connectivity index (χ2v) is 7.65. The van der Waals surface area contributed by atoms with E-state index in [0.29, 0.717) is 11.1 Å². The van der Waals surface area contributed by atoms with Gasteiger partial charge in [0.25, 0.3) is 5.91 Å². The van der Waals surface area contributed by atoms with Gasteiger partial charge in [0, 0.05) is 23.0 Å². The van der Waals surface area contributed by atoms with E-state index in [0.717, 1.165) is 4.90 Å². The van der Waals surface area contributed by atoms with Crippen LogP contribution in [0.15, 0.2) is 59.6 Å². The summed E-state index contributed by atoms with van der Waals surface area (Å²) in [6.07, 6.45) is 1.49. The highest BCUT2D eigenvalue weighted by Gasteiger charge is 2.37. The van der Waals surface area contributed by atoms with Gasteiger partial charge in [-0.25, -0.2) is 14.1 Å². The first-order chi connectivity index (χ1) is 14.2. The number of rotatable bonds is 4. The van der Waals surface area contributed by atoms with Gasteiger partial charge < -0.3 is 4.90 Å². The summed E-state index contributed by atoms with van der Waals surface area (Å²) in [5.41, 5.74) is -3.33. The maximum Gasteiger partial charge on any atom is 0.446 e. The van der Waals surface area contributed by atoms with Crippen molar-refractivity contribution in [1.82, 2.24) is 9.88 Å². The molecule has 0 unspecified atom stereocenters. The molecule has 1 fully saturated rings. The molecule has 0 radical (unpaired) electrons. The number of aromatic nitrogens is 1. The lowest BCUT2D eigenvalue weighted by Crippen LogP contribution is -2.32. The highest BCUT2D eigenvalue weighted by Crippen LogP contribution is 2.37. The lowest BCUT2D eigenvalue weighted by Gasteiger charge is -2.18. The molecular weight excluding hydrogens is 422 g/mol. The first kappa shape index (κ1) is 20.1. The van der Waals surface area contributed by atoms with E-state index in [1.807, 2.05) is 0 Å². The molecule has 0 atom stereocenters. The minimum absolute atomic E-state index is 0.0109. The van der Waals surface area contributed by atoms with Crippen molar-refractivity contribution < 1.29 is 27.2 Å². The molecule has 0 N–H and O–H groups in total. The van der Waals surface area contributed by atoms with Gasteiger partial charge in [-0.2, -0.15) is 13.2 Å². The van der Waals surface area contributed by atoms with E-state index in [1.165, 1.54) is 47.5 Å². The van der Waals surface area contributed by atoms with Crippen LogP contribution in [-0.2, 0) is 11.3 Å². The Kier molecular flexibility index (Phi) is 5.10. The lowest BCUT2D eigenvalue weighted by atomic mass is 10.1. The number of hydrogen-bond acceptors (Lipinski definition) is 4. The lowest BCUT2D eigenvalue weighted by molar-refractivity contribution is -0.116. The summed E-state index contributed by atoms with van der Waals surface area (Å²) in [7, 11) is 0. The number of imide groups is 1. The fourth-order valence-electron chi connectivity index (χ4n) is 3.29. The maximum absolute atomic E-state index is 14.3. The van der Waals surface area contributed by atoms with Gasteiger partial charge in [-0.15, -0.1) is 0 Å². The Morgan fingerprint density at radius 2 is 1.77 bits per heavy atom. The molecule has 0 aliphatic carbocycles. The summed E-state index contributed by atoms with van der Waals surface area (Å²) < 4.78 is 51.7. The Hall–Kier alpha value is -3.14. The van der Waals surface area contributed by atoms with E-state index in [9.17, 15) is 27.2 Å². The molecule has 10 heteroatoms. The van der Waals surface area contributed by atoms with Crippen LogP contribution in [0.2, 0.25) is 0 Å². The summed E-state index contributed by atoms with van der Waals surface area (Å²) in [5, 5.41) is 0.271. The van der Waals surface area contributed by atoms with E-state index in [1.54, 1.807) is 12.1 Å². The number of alkyl halides is 3. The molecule has 1 aliphatic heterocycles. The first-order valence-corrected chi connectivity index (χ1v) is 9.54. The number of carbonyl (C=O) groups is 2. The number of halogens is 4. The largest absolute Gasteiger partial charge is 0.446 e. The van der Waals surface area contributed by atoms with Crippen molar-refractivity contribution in [3.8, 4) is 0 Å². The van der Waals surface area contributed by atoms with Crippen molar-refractivity contribution in [3.05, 3.63) is 66.1 Å². The van der Waals surface area contributed by atoms with Gasteiger partial charge in [0.05, 0.1) is 11.2 Å². The number of anilines is 1. The van der Waals surface area contributed by atoms with Gasteiger partial charge in [-0.05, 0) is 59.8 Å². The zero-order valence-corrected chi connectivity index (χ0v) is 16.0. The van der Waals surface area contributed by atoms with E-state index in [4.69, 9.17) is 0 Å². The predicted octanol–water partition coefficient (Wildman–Crippen LogP) is 4.95. The molecule has 1 aliphatic rings. The molecule has 3 amide bonds. The monoisotopic (exact) mass is 435 g/mol. The molecule has 1 aromatic heterocycles. The van der Waals surface area contributed by atoms with Crippen LogP contribution in [0.3, 0.4) is 0 Å². The Morgan fingerprint density at radius 1 is 1.03 bits per heavy atom. The van der Waals surface area contributed by atoms with Crippen LogP contribution >= 0.6 is 11.8 Å². The second-order valence-electron chi connectivity index (χ2n) is 6.51. The molecule has 1 saturated heterocycles. The van der Waals surface area contributed by atoms with Gasteiger partial charge in [0.1, 0.15) is 12.4 Å². The fraction of sp³-hybridized carbons (Fsp3) is 0.150. The number of amides is 3. The third-order valence-corrected chi connectivity index (χ3v) is 5.27. The highest BCUT2D eigenvalue weighted by atomic mass is 32.2. The number of fused-ring (bicyclic) bond motifs is 1. The minimum atomic E-state index is -4.43. The van der Waals surface area contributed by atoms with Crippen molar-refractivity contribution >= 4 is 40.3 Å². The van der Waals surface area contributed by atoms with Crippen molar-refractivity contribution in [2.24, 2.45) is 0 Å². The van der Waals surface area contributed by atoms with Crippen molar-refractivity contribution in [3.63, 3.8) is 0 Å². The molecule has 154 valence electrons. The number of nitrogens with zero attached hydrogens (tertiary/aromatic N) is 3. The minimum Gasteiger partial charge on any atom is -0.310 e. The summed E-state index contributed by atoms with van der Waals surface area (Å²) >= 11 is -0.282. The van der Waals surface area contributed by atoms with Crippen LogP contribution in [0.4, 0.5) is 28.0 Å². The average molecular weight is 435 g/mol. The smallest absolute Gasteiger partial charge is 0.310 e. The van der Waals surface area contributed by atoms with E-state index in [-0.39, 0.29) is 40.8 Å². The summed E-state index contributed by atoms with van der Waals surface area (Å²) in [4.78, 5) is 31.4. The molecule has 0 saturated carbocycles. The van der Waals surface area contributed by atoms with Crippen molar-refractivity contribution in [1.29, 1.82) is 0 Å². The van der Waals surface area contributed by atoms with Gasteiger partial charge in [0.15, 0.2) is 0 Å². The quantitative estimate of drug-likeness (QED) is 0.330.